The third-order valence-corrected chi connectivity index (χ3v) is 3.33. The molecule has 0 aliphatic carbocycles. The number of hydrogen-bond acceptors (Lipinski definition) is 3. The number of aryl methyl sites for hydroxylation is 1. The average molecular weight is 259 g/mol. The van der Waals surface area contributed by atoms with Gasteiger partial charge in [-0.1, -0.05) is 0 Å². The third kappa shape index (κ3) is 2.68. The number of nitrogens with zero attached hydrogens (tertiary/aromatic N) is 2. The van der Waals surface area contributed by atoms with Gasteiger partial charge in [0.05, 0.1) is 17.8 Å². The van der Waals surface area contributed by atoms with Gasteiger partial charge in [-0.3, -0.25) is 0 Å². The predicted molar refractivity (Wildman–Crippen MR) is 64.4 cm³/mol. The van der Waals surface area contributed by atoms with Crippen LogP contribution in [0.25, 0.3) is 0 Å². The first kappa shape index (κ1) is 13.0. The maximum Gasteiger partial charge on any atom is 0.391 e. The standard InChI is InChI=1S/C12H16F3N3/c1-8-6-10(16)7-17-11(8)18-4-2-9(3-5-18)12(13,14)15/h6-7,9H,2-5,16H2,1H3. The molecule has 0 amide bonds. The first-order valence-electron chi connectivity index (χ1n) is 5.91. The summed E-state index contributed by atoms with van der Waals surface area (Å²) < 4.78 is 37.7. The lowest BCUT2D eigenvalue weighted by Crippen LogP contribution is -2.39. The van der Waals surface area contributed by atoms with Crippen LogP contribution in [0, 0.1) is 12.8 Å². The molecule has 6 heteroatoms. The Balaban J connectivity index is 2.06. The second kappa shape index (κ2) is 4.66. The van der Waals surface area contributed by atoms with Crippen LogP contribution in [0.2, 0.25) is 0 Å². The summed E-state index contributed by atoms with van der Waals surface area (Å²) in [5.74, 6) is -0.437. The molecule has 0 radical (unpaired) electrons. The largest absolute Gasteiger partial charge is 0.397 e. The molecule has 0 saturated carbocycles. The highest BCUT2D eigenvalue weighted by atomic mass is 19.4. The van der Waals surface area contributed by atoms with E-state index in [0.717, 1.165) is 11.4 Å². The summed E-state index contributed by atoms with van der Waals surface area (Å²) in [6.07, 6.45) is -2.27. The highest BCUT2D eigenvalue weighted by Gasteiger charge is 2.41. The molecule has 3 nitrogen and oxygen atoms in total. The van der Waals surface area contributed by atoms with Crippen LogP contribution in [-0.2, 0) is 0 Å². The number of piperidine rings is 1. The molecule has 0 aromatic carbocycles. The first-order valence-corrected chi connectivity index (χ1v) is 5.91. The molecule has 0 unspecified atom stereocenters. The molecular formula is C12H16F3N3. The Bertz CT molecular complexity index is 423. The smallest absolute Gasteiger partial charge is 0.391 e. The van der Waals surface area contributed by atoms with Crippen LogP contribution in [0.4, 0.5) is 24.7 Å². The predicted octanol–water partition coefficient (Wildman–Crippen LogP) is 2.75. The number of hydrogen-bond donors (Lipinski definition) is 1. The number of anilines is 2. The number of rotatable bonds is 1. The van der Waals surface area contributed by atoms with E-state index in [-0.39, 0.29) is 12.8 Å². The van der Waals surface area contributed by atoms with Gasteiger partial charge in [0, 0.05) is 13.1 Å². The van der Waals surface area contributed by atoms with Crippen molar-refractivity contribution < 1.29 is 13.2 Å². The van der Waals surface area contributed by atoms with Crippen molar-refractivity contribution >= 4 is 11.5 Å². The van der Waals surface area contributed by atoms with Gasteiger partial charge in [-0.25, -0.2) is 4.98 Å². The molecule has 1 aliphatic heterocycles. The van der Waals surface area contributed by atoms with E-state index < -0.39 is 12.1 Å². The molecule has 2 rings (SSSR count). The minimum atomic E-state index is -4.07. The van der Waals surface area contributed by atoms with Crippen molar-refractivity contribution in [3.8, 4) is 0 Å². The summed E-state index contributed by atoms with van der Waals surface area (Å²) in [5, 5.41) is 0. The van der Waals surface area contributed by atoms with Gasteiger partial charge < -0.3 is 10.6 Å². The zero-order valence-corrected chi connectivity index (χ0v) is 10.2. The SMILES string of the molecule is Cc1cc(N)cnc1N1CCC(C(F)(F)F)CC1. The van der Waals surface area contributed by atoms with Gasteiger partial charge in [-0.15, -0.1) is 0 Å². The number of pyridine rings is 1. The van der Waals surface area contributed by atoms with Crippen LogP contribution in [0.15, 0.2) is 12.3 Å². The number of aromatic nitrogens is 1. The number of alkyl halides is 3. The van der Waals surface area contributed by atoms with Gasteiger partial charge in [-0.2, -0.15) is 13.2 Å². The van der Waals surface area contributed by atoms with Crippen LogP contribution < -0.4 is 10.6 Å². The summed E-state index contributed by atoms with van der Waals surface area (Å²) >= 11 is 0. The van der Waals surface area contributed by atoms with Crippen LogP contribution >= 0.6 is 0 Å². The van der Waals surface area contributed by atoms with E-state index in [1.54, 1.807) is 6.07 Å². The Hall–Kier alpha value is -1.46. The van der Waals surface area contributed by atoms with Crippen molar-refractivity contribution in [3.63, 3.8) is 0 Å². The van der Waals surface area contributed by atoms with Gasteiger partial charge in [0.1, 0.15) is 5.82 Å². The minimum absolute atomic E-state index is 0.134. The van der Waals surface area contributed by atoms with Crippen LogP contribution in [-0.4, -0.2) is 24.2 Å². The maximum absolute atomic E-state index is 12.6. The molecule has 1 fully saturated rings. The molecule has 0 bridgehead atoms. The fourth-order valence-corrected chi connectivity index (χ4v) is 2.34. The normalized spacial score (nSPS) is 18.1. The maximum atomic E-state index is 12.6. The molecule has 2 N–H and O–H groups in total. The first-order chi connectivity index (χ1) is 8.38. The fraction of sp³-hybridized carbons (Fsp3) is 0.583. The lowest BCUT2D eigenvalue weighted by Gasteiger charge is -2.34. The molecule has 1 aliphatic rings. The van der Waals surface area contributed by atoms with E-state index in [2.05, 4.69) is 4.98 Å². The quantitative estimate of drug-likeness (QED) is 0.843. The second-order valence-corrected chi connectivity index (χ2v) is 4.71. The molecule has 2 heterocycles. The van der Waals surface area contributed by atoms with Crippen molar-refractivity contribution in [2.45, 2.75) is 25.9 Å². The van der Waals surface area contributed by atoms with E-state index in [4.69, 9.17) is 5.73 Å². The summed E-state index contributed by atoms with van der Waals surface area (Å²) in [4.78, 5) is 6.11. The van der Waals surface area contributed by atoms with Gasteiger partial charge in [0.2, 0.25) is 0 Å². The average Bonchev–Trinajstić information content (AvgIpc) is 2.28. The zero-order valence-electron chi connectivity index (χ0n) is 10.2. The highest BCUT2D eigenvalue weighted by molar-refractivity contribution is 5.52. The highest BCUT2D eigenvalue weighted by Crippen LogP contribution is 2.35. The molecule has 18 heavy (non-hydrogen) atoms. The Morgan fingerprint density at radius 1 is 1.33 bits per heavy atom. The number of halogens is 3. The van der Waals surface area contributed by atoms with E-state index in [0.29, 0.717) is 18.8 Å². The van der Waals surface area contributed by atoms with Crippen LogP contribution in [0.3, 0.4) is 0 Å². The Morgan fingerprint density at radius 3 is 2.44 bits per heavy atom. The minimum Gasteiger partial charge on any atom is -0.397 e. The van der Waals surface area contributed by atoms with E-state index >= 15 is 0 Å². The third-order valence-electron chi connectivity index (χ3n) is 3.33. The summed E-state index contributed by atoms with van der Waals surface area (Å²) in [6.45, 7) is 2.65. The Morgan fingerprint density at radius 2 is 1.94 bits per heavy atom. The molecule has 100 valence electrons. The van der Waals surface area contributed by atoms with E-state index in [1.807, 2.05) is 11.8 Å². The second-order valence-electron chi connectivity index (χ2n) is 4.71. The lowest BCUT2D eigenvalue weighted by molar-refractivity contribution is -0.179. The molecular weight excluding hydrogens is 243 g/mol. The van der Waals surface area contributed by atoms with Gasteiger partial charge >= 0.3 is 6.18 Å². The monoisotopic (exact) mass is 259 g/mol. The Kier molecular flexibility index (Phi) is 3.36. The molecule has 1 aromatic rings. The summed E-state index contributed by atoms with van der Waals surface area (Å²) in [5.41, 5.74) is 7.08. The van der Waals surface area contributed by atoms with Gasteiger partial charge in [0.15, 0.2) is 0 Å². The van der Waals surface area contributed by atoms with Crippen molar-refractivity contribution in [1.82, 2.24) is 4.98 Å². The fourth-order valence-electron chi connectivity index (χ4n) is 2.34. The van der Waals surface area contributed by atoms with Crippen LogP contribution in [0.5, 0.6) is 0 Å². The summed E-state index contributed by atoms with van der Waals surface area (Å²) in [6, 6.07) is 1.79. The zero-order chi connectivity index (χ0) is 13.3. The van der Waals surface area contributed by atoms with E-state index in [9.17, 15) is 13.2 Å². The van der Waals surface area contributed by atoms with Crippen molar-refractivity contribution in [2.24, 2.45) is 5.92 Å². The lowest BCUT2D eigenvalue weighted by atomic mass is 9.96. The van der Waals surface area contributed by atoms with Crippen LogP contribution in [0.1, 0.15) is 18.4 Å². The molecule has 0 spiro atoms. The van der Waals surface area contributed by atoms with Gasteiger partial charge in [0.25, 0.3) is 0 Å². The molecule has 1 aromatic heterocycles. The van der Waals surface area contributed by atoms with Crippen molar-refractivity contribution in [3.05, 3.63) is 17.8 Å². The van der Waals surface area contributed by atoms with Crippen molar-refractivity contribution in [1.29, 1.82) is 0 Å². The number of nitrogen functional groups attached to an aromatic ring is 1. The summed E-state index contributed by atoms with van der Waals surface area (Å²) in [7, 11) is 0. The van der Waals surface area contributed by atoms with Gasteiger partial charge in [-0.05, 0) is 31.4 Å². The Labute approximate surface area is 104 Å². The molecule has 1 saturated heterocycles. The van der Waals surface area contributed by atoms with Crippen molar-refractivity contribution in [2.75, 3.05) is 23.7 Å². The van der Waals surface area contributed by atoms with E-state index in [1.165, 1.54) is 6.20 Å². The number of nitrogens with two attached hydrogens (primary N) is 1. The topological polar surface area (TPSA) is 42.1 Å². The molecule has 0 atom stereocenters.